The van der Waals surface area contributed by atoms with Gasteiger partial charge in [-0.05, 0) is 34.7 Å². The number of carbonyl (C=O) groups excluding carboxylic acids is 2. The van der Waals surface area contributed by atoms with Crippen molar-refractivity contribution in [1.82, 2.24) is 5.32 Å². The van der Waals surface area contributed by atoms with Gasteiger partial charge in [-0.1, -0.05) is 36.4 Å². The summed E-state index contributed by atoms with van der Waals surface area (Å²) in [4.78, 5) is 24.4. The SMILES string of the molecule is Cc1ccc2cc3ccccc3c3c2c1C(=O)NC3=O. The molecule has 20 heavy (non-hydrogen) atoms. The van der Waals surface area contributed by atoms with Gasteiger partial charge in [0.1, 0.15) is 0 Å². The van der Waals surface area contributed by atoms with E-state index in [2.05, 4.69) is 5.32 Å². The number of nitrogens with one attached hydrogen (secondary N) is 1. The van der Waals surface area contributed by atoms with Crippen molar-refractivity contribution in [2.45, 2.75) is 6.92 Å². The predicted molar refractivity (Wildman–Crippen MR) is 78.0 cm³/mol. The third kappa shape index (κ3) is 1.29. The van der Waals surface area contributed by atoms with Crippen LogP contribution in [0.2, 0.25) is 0 Å². The number of aryl methyl sites for hydroxylation is 1. The average Bonchev–Trinajstić information content (AvgIpc) is 2.44. The first-order valence-corrected chi connectivity index (χ1v) is 6.47. The van der Waals surface area contributed by atoms with Gasteiger partial charge >= 0.3 is 0 Å². The Hall–Kier alpha value is -2.68. The van der Waals surface area contributed by atoms with Crippen molar-refractivity contribution in [2.24, 2.45) is 0 Å². The van der Waals surface area contributed by atoms with Crippen LogP contribution < -0.4 is 5.32 Å². The van der Waals surface area contributed by atoms with Gasteiger partial charge in [0.15, 0.2) is 0 Å². The molecule has 0 atom stereocenters. The van der Waals surface area contributed by atoms with Crippen molar-refractivity contribution in [3.63, 3.8) is 0 Å². The largest absolute Gasteiger partial charge is 0.288 e. The van der Waals surface area contributed by atoms with E-state index in [1.165, 1.54) is 0 Å². The molecule has 0 saturated heterocycles. The molecule has 0 spiro atoms. The number of imide groups is 1. The van der Waals surface area contributed by atoms with E-state index in [9.17, 15) is 9.59 Å². The summed E-state index contributed by atoms with van der Waals surface area (Å²) in [5.41, 5.74) is 2.11. The summed E-state index contributed by atoms with van der Waals surface area (Å²) in [6.45, 7) is 1.89. The van der Waals surface area contributed by atoms with Crippen molar-refractivity contribution < 1.29 is 9.59 Å². The zero-order valence-corrected chi connectivity index (χ0v) is 10.9. The second kappa shape index (κ2) is 3.67. The van der Waals surface area contributed by atoms with Crippen molar-refractivity contribution in [3.8, 4) is 0 Å². The molecule has 3 heteroatoms. The van der Waals surface area contributed by atoms with Crippen LogP contribution >= 0.6 is 0 Å². The molecule has 3 aromatic rings. The van der Waals surface area contributed by atoms with Crippen molar-refractivity contribution in [3.05, 3.63) is 59.2 Å². The lowest BCUT2D eigenvalue weighted by Crippen LogP contribution is -2.35. The lowest BCUT2D eigenvalue weighted by molar-refractivity contribution is 0.0845. The number of carbonyl (C=O) groups is 2. The highest BCUT2D eigenvalue weighted by Gasteiger charge is 2.28. The molecule has 4 rings (SSSR count). The van der Waals surface area contributed by atoms with Crippen LogP contribution in [0.5, 0.6) is 0 Å². The number of fused-ring (bicyclic) bond motifs is 2. The fourth-order valence-electron chi connectivity index (χ4n) is 3.02. The van der Waals surface area contributed by atoms with E-state index in [-0.39, 0.29) is 11.8 Å². The Morgan fingerprint density at radius 3 is 2.45 bits per heavy atom. The van der Waals surface area contributed by atoms with Gasteiger partial charge < -0.3 is 0 Å². The van der Waals surface area contributed by atoms with Crippen LogP contribution in [0.3, 0.4) is 0 Å². The van der Waals surface area contributed by atoms with E-state index in [0.717, 1.165) is 27.1 Å². The second-order valence-corrected chi connectivity index (χ2v) is 5.11. The van der Waals surface area contributed by atoms with Crippen LogP contribution in [0.1, 0.15) is 26.3 Å². The lowest BCUT2D eigenvalue weighted by Gasteiger charge is -2.20. The minimum Gasteiger partial charge on any atom is -0.288 e. The topological polar surface area (TPSA) is 46.2 Å². The molecule has 0 saturated carbocycles. The molecule has 1 N–H and O–H groups in total. The summed E-state index contributed by atoms with van der Waals surface area (Å²) in [6, 6.07) is 13.7. The van der Waals surface area contributed by atoms with E-state index < -0.39 is 0 Å². The quantitative estimate of drug-likeness (QED) is 0.499. The van der Waals surface area contributed by atoms with E-state index in [1.807, 2.05) is 49.4 Å². The molecule has 0 radical (unpaired) electrons. The summed E-state index contributed by atoms with van der Waals surface area (Å²) in [6.07, 6.45) is 0. The smallest absolute Gasteiger partial charge is 0.259 e. The van der Waals surface area contributed by atoms with Gasteiger partial charge in [0.25, 0.3) is 11.8 Å². The highest BCUT2D eigenvalue weighted by Crippen LogP contribution is 2.34. The molecule has 1 heterocycles. The fourth-order valence-corrected chi connectivity index (χ4v) is 3.02. The molecule has 0 unspecified atom stereocenters. The highest BCUT2D eigenvalue weighted by atomic mass is 16.2. The molecule has 3 nitrogen and oxygen atoms in total. The second-order valence-electron chi connectivity index (χ2n) is 5.11. The third-order valence-electron chi connectivity index (χ3n) is 3.92. The maximum absolute atomic E-state index is 12.3. The zero-order valence-electron chi connectivity index (χ0n) is 10.9. The van der Waals surface area contributed by atoms with Crippen LogP contribution in [-0.4, -0.2) is 11.8 Å². The monoisotopic (exact) mass is 261 g/mol. The minimum absolute atomic E-state index is 0.305. The Morgan fingerprint density at radius 2 is 1.60 bits per heavy atom. The van der Waals surface area contributed by atoms with Gasteiger partial charge in [0.05, 0.1) is 11.1 Å². The van der Waals surface area contributed by atoms with Gasteiger partial charge in [-0.25, -0.2) is 0 Å². The molecular formula is C17H11NO2. The molecule has 1 aliphatic heterocycles. The molecular weight excluding hydrogens is 250 g/mol. The summed E-state index contributed by atoms with van der Waals surface area (Å²) in [7, 11) is 0. The first-order valence-electron chi connectivity index (χ1n) is 6.47. The maximum atomic E-state index is 12.3. The first-order chi connectivity index (χ1) is 9.66. The average molecular weight is 261 g/mol. The maximum Gasteiger partial charge on any atom is 0.259 e. The first kappa shape index (κ1) is 11.2. The van der Waals surface area contributed by atoms with Crippen molar-refractivity contribution in [2.75, 3.05) is 0 Å². The fraction of sp³-hybridized carbons (Fsp3) is 0.0588. The number of amides is 2. The van der Waals surface area contributed by atoms with Gasteiger partial charge in [-0.15, -0.1) is 0 Å². The summed E-state index contributed by atoms with van der Waals surface area (Å²) in [5, 5.41) is 6.05. The van der Waals surface area contributed by atoms with E-state index in [4.69, 9.17) is 0 Å². The van der Waals surface area contributed by atoms with Gasteiger partial charge in [-0.2, -0.15) is 0 Å². The summed E-state index contributed by atoms with van der Waals surface area (Å²) < 4.78 is 0. The van der Waals surface area contributed by atoms with Gasteiger partial charge in [-0.3, -0.25) is 14.9 Å². The van der Waals surface area contributed by atoms with Gasteiger partial charge in [0.2, 0.25) is 0 Å². The molecule has 3 aromatic carbocycles. The molecule has 2 amide bonds. The lowest BCUT2D eigenvalue weighted by atomic mass is 9.88. The highest BCUT2D eigenvalue weighted by molar-refractivity contribution is 6.30. The van der Waals surface area contributed by atoms with E-state index >= 15 is 0 Å². The van der Waals surface area contributed by atoms with Crippen LogP contribution in [0.25, 0.3) is 21.5 Å². The Kier molecular flexibility index (Phi) is 2.05. The van der Waals surface area contributed by atoms with Crippen LogP contribution in [0.4, 0.5) is 0 Å². The van der Waals surface area contributed by atoms with Crippen LogP contribution in [0.15, 0.2) is 42.5 Å². The van der Waals surface area contributed by atoms with Crippen LogP contribution in [0, 0.1) is 6.92 Å². The Bertz CT molecular complexity index is 925. The van der Waals surface area contributed by atoms with Crippen molar-refractivity contribution >= 4 is 33.4 Å². The molecule has 0 aliphatic carbocycles. The van der Waals surface area contributed by atoms with Crippen molar-refractivity contribution in [1.29, 1.82) is 0 Å². The minimum atomic E-state index is -0.310. The number of hydrogen-bond donors (Lipinski definition) is 1. The standard InChI is InChI=1S/C17H11NO2/c1-9-6-7-11-8-10-4-2-3-5-12(10)15-14(11)13(9)16(19)18-17(15)20/h2-8H,1H3,(H,18,19,20). The zero-order chi connectivity index (χ0) is 13.9. The van der Waals surface area contributed by atoms with Crippen LogP contribution in [-0.2, 0) is 0 Å². The summed E-state index contributed by atoms with van der Waals surface area (Å²) in [5.74, 6) is -0.615. The molecule has 1 aliphatic rings. The number of hydrogen-bond acceptors (Lipinski definition) is 2. The predicted octanol–water partition coefficient (Wildman–Crippen LogP) is 3.19. The number of rotatable bonds is 0. The summed E-state index contributed by atoms with van der Waals surface area (Å²) >= 11 is 0. The third-order valence-corrected chi connectivity index (χ3v) is 3.92. The normalized spacial score (nSPS) is 13.8. The Morgan fingerprint density at radius 1 is 0.850 bits per heavy atom. The van der Waals surface area contributed by atoms with Gasteiger partial charge in [0, 0.05) is 5.39 Å². The van der Waals surface area contributed by atoms with E-state index in [0.29, 0.717) is 11.1 Å². The Balaban J connectivity index is 2.36. The van der Waals surface area contributed by atoms with E-state index in [1.54, 1.807) is 0 Å². The Labute approximate surface area is 115 Å². The molecule has 0 aromatic heterocycles. The number of benzene rings is 3. The molecule has 96 valence electrons. The molecule has 0 fully saturated rings. The molecule has 0 bridgehead atoms.